The quantitative estimate of drug-likeness (QED) is 0.922. The van der Waals surface area contributed by atoms with Crippen molar-refractivity contribution in [3.63, 3.8) is 0 Å². The third-order valence-corrected chi connectivity index (χ3v) is 5.69. The fourth-order valence-electron chi connectivity index (χ4n) is 4.17. The molecule has 0 radical (unpaired) electrons. The molecule has 0 aliphatic carbocycles. The van der Waals surface area contributed by atoms with Gasteiger partial charge in [-0.1, -0.05) is 24.3 Å². The first-order valence-corrected chi connectivity index (χ1v) is 8.51. The molecule has 0 aromatic heterocycles. The minimum Gasteiger partial charge on any atom is -0.329 e. The molecule has 2 N–H and O–H groups in total. The average molecular weight is 302 g/mol. The summed E-state index contributed by atoms with van der Waals surface area (Å²) in [6.07, 6.45) is 2.55. The largest absolute Gasteiger partial charge is 0.329 e. The van der Waals surface area contributed by atoms with Crippen molar-refractivity contribution in [2.24, 2.45) is 5.73 Å². The lowest BCUT2D eigenvalue weighted by Gasteiger charge is -2.46. The van der Waals surface area contributed by atoms with Crippen molar-refractivity contribution in [3.8, 4) is 0 Å². The normalized spacial score (nSPS) is 28.0. The number of likely N-dealkylation sites (tertiary alicyclic amines) is 1. The van der Waals surface area contributed by atoms with Gasteiger partial charge in [0, 0.05) is 31.2 Å². The van der Waals surface area contributed by atoms with E-state index in [0.29, 0.717) is 24.7 Å². The molecule has 2 aliphatic heterocycles. The van der Waals surface area contributed by atoms with Crippen LogP contribution < -0.4 is 5.73 Å². The molecule has 0 spiro atoms. The minimum atomic E-state index is 0.360. The zero-order valence-corrected chi connectivity index (χ0v) is 14.2. The summed E-state index contributed by atoms with van der Waals surface area (Å²) in [7, 11) is 6.75. The second-order valence-electron chi connectivity index (χ2n) is 7.04. The van der Waals surface area contributed by atoms with Crippen molar-refractivity contribution in [1.82, 2.24) is 14.7 Å². The maximum atomic E-state index is 6.03. The number of fused-ring (bicyclic) bond motifs is 1. The van der Waals surface area contributed by atoms with Crippen molar-refractivity contribution < 1.29 is 0 Å². The maximum Gasteiger partial charge on any atom is 0.0478 e. The average Bonchev–Trinajstić information content (AvgIpc) is 2.54. The SMILES string of the molecule is CN1CCC(N(C)C2CN(C)C(CN)c3ccccc32)CC1. The molecule has 1 saturated heterocycles. The van der Waals surface area contributed by atoms with Crippen LogP contribution in [0.15, 0.2) is 24.3 Å². The highest BCUT2D eigenvalue weighted by atomic mass is 15.3. The number of piperidine rings is 1. The molecule has 22 heavy (non-hydrogen) atoms. The maximum absolute atomic E-state index is 6.03. The predicted molar refractivity (Wildman–Crippen MR) is 91.9 cm³/mol. The van der Waals surface area contributed by atoms with Gasteiger partial charge in [-0.2, -0.15) is 0 Å². The van der Waals surface area contributed by atoms with Crippen LogP contribution in [0.1, 0.15) is 36.1 Å². The highest BCUT2D eigenvalue weighted by Gasteiger charge is 2.34. The van der Waals surface area contributed by atoms with Gasteiger partial charge in [-0.25, -0.2) is 0 Å². The van der Waals surface area contributed by atoms with Gasteiger partial charge in [-0.15, -0.1) is 0 Å². The Balaban J connectivity index is 1.84. The van der Waals surface area contributed by atoms with Gasteiger partial charge in [0.25, 0.3) is 0 Å². The standard InChI is InChI=1S/C18H30N4/c1-20-10-8-14(9-11-20)22(3)18-13-21(2)17(12-19)15-6-4-5-7-16(15)18/h4-7,14,17-18H,8-13,19H2,1-3H3. The van der Waals surface area contributed by atoms with Crippen molar-refractivity contribution in [3.05, 3.63) is 35.4 Å². The molecule has 2 heterocycles. The van der Waals surface area contributed by atoms with E-state index in [9.17, 15) is 0 Å². The summed E-state index contributed by atoms with van der Waals surface area (Å²) in [5, 5.41) is 0. The summed E-state index contributed by atoms with van der Waals surface area (Å²) >= 11 is 0. The zero-order valence-electron chi connectivity index (χ0n) is 14.2. The molecule has 122 valence electrons. The van der Waals surface area contributed by atoms with Gasteiger partial charge in [-0.3, -0.25) is 9.80 Å². The predicted octanol–water partition coefficient (Wildman–Crippen LogP) is 1.70. The van der Waals surface area contributed by atoms with E-state index in [1.807, 2.05) is 0 Å². The second kappa shape index (κ2) is 6.67. The lowest BCUT2D eigenvalue weighted by atomic mass is 9.87. The fourth-order valence-corrected chi connectivity index (χ4v) is 4.17. The Morgan fingerprint density at radius 3 is 2.41 bits per heavy atom. The Bertz CT molecular complexity index is 496. The first-order chi connectivity index (χ1) is 10.6. The van der Waals surface area contributed by atoms with Gasteiger partial charge < -0.3 is 10.6 Å². The number of hydrogen-bond acceptors (Lipinski definition) is 4. The minimum absolute atomic E-state index is 0.360. The van der Waals surface area contributed by atoms with Crippen LogP contribution in [0.3, 0.4) is 0 Å². The van der Waals surface area contributed by atoms with Crippen LogP contribution in [0.4, 0.5) is 0 Å². The molecule has 0 bridgehead atoms. The number of likely N-dealkylation sites (N-methyl/N-ethyl adjacent to an activating group) is 2. The molecule has 1 aromatic rings. The van der Waals surface area contributed by atoms with Gasteiger partial charge in [-0.05, 0) is 58.2 Å². The van der Waals surface area contributed by atoms with Crippen molar-refractivity contribution in [2.75, 3.05) is 47.3 Å². The molecule has 2 aliphatic rings. The van der Waals surface area contributed by atoms with Crippen LogP contribution in [0.5, 0.6) is 0 Å². The van der Waals surface area contributed by atoms with E-state index in [4.69, 9.17) is 5.73 Å². The van der Waals surface area contributed by atoms with Crippen LogP contribution in [-0.2, 0) is 0 Å². The van der Waals surface area contributed by atoms with Crippen LogP contribution >= 0.6 is 0 Å². The molecule has 1 fully saturated rings. The molecule has 2 atom stereocenters. The Kier molecular flexibility index (Phi) is 4.83. The van der Waals surface area contributed by atoms with Crippen molar-refractivity contribution >= 4 is 0 Å². The second-order valence-corrected chi connectivity index (χ2v) is 7.04. The molecule has 1 aromatic carbocycles. The summed E-state index contributed by atoms with van der Waals surface area (Å²) in [5.74, 6) is 0. The van der Waals surface area contributed by atoms with E-state index < -0.39 is 0 Å². The highest BCUT2D eigenvalue weighted by molar-refractivity contribution is 5.35. The third kappa shape index (κ3) is 2.93. The molecule has 4 nitrogen and oxygen atoms in total. The topological polar surface area (TPSA) is 35.7 Å². The Morgan fingerprint density at radius 1 is 1.14 bits per heavy atom. The summed E-state index contributed by atoms with van der Waals surface area (Å²) in [4.78, 5) is 7.49. The number of nitrogens with two attached hydrogens (primary N) is 1. The number of hydrogen-bond donors (Lipinski definition) is 1. The van der Waals surface area contributed by atoms with E-state index in [-0.39, 0.29) is 0 Å². The van der Waals surface area contributed by atoms with Crippen LogP contribution in [0, 0.1) is 0 Å². The van der Waals surface area contributed by atoms with Crippen LogP contribution in [0.25, 0.3) is 0 Å². The molecular weight excluding hydrogens is 272 g/mol. The van der Waals surface area contributed by atoms with E-state index in [1.54, 1.807) is 0 Å². The fraction of sp³-hybridized carbons (Fsp3) is 0.667. The zero-order chi connectivity index (χ0) is 15.7. The van der Waals surface area contributed by atoms with Crippen molar-refractivity contribution in [2.45, 2.75) is 31.0 Å². The number of nitrogens with zero attached hydrogens (tertiary/aromatic N) is 3. The van der Waals surface area contributed by atoms with Gasteiger partial charge in [0.15, 0.2) is 0 Å². The molecule has 4 heteroatoms. The third-order valence-electron chi connectivity index (χ3n) is 5.69. The molecular formula is C18H30N4. The summed E-state index contributed by atoms with van der Waals surface area (Å²) in [6.45, 7) is 4.19. The number of benzene rings is 1. The molecule has 0 amide bonds. The van der Waals surface area contributed by atoms with E-state index >= 15 is 0 Å². The van der Waals surface area contributed by atoms with Gasteiger partial charge in [0.2, 0.25) is 0 Å². The van der Waals surface area contributed by atoms with E-state index in [1.165, 1.54) is 37.1 Å². The molecule has 0 saturated carbocycles. The number of rotatable bonds is 3. The van der Waals surface area contributed by atoms with Gasteiger partial charge >= 0.3 is 0 Å². The first kappa shape index (κ1) is 15.9. The molecule has 3 rings (SSSR count). The first-order valence-electron chi connectivity index (χ1n) is 8.51. The highest BCUT2D eigenvalue weighted by Crippen LogP contribution is 2.37. The Morgan fingerprint density at radius 2 is 1.77 bits per heavy atom. The van der Waals surface area contributed by atoms with Crippen LogP contribution in [0.2, 0.25) is 0 Å². The summed E-state index contributed by atoms with van der Waals surface area (Å²) in [5.41, 5.74) is 8.93. The summed E-state index contributed by atoms with van der Waals surface area (Å²) in [6, 6.07) is 10.4. The lowest BCUT2D eigenvalue weighted by Crippen LogP contribution is -2.49. The van der Waals surface area contributed by atoms with Gasteiger partial charge in [0.05, 0.1) is 0 Å². The Labute approximate surface area is 134 Å². The Hall–Kier alpha value is -0.940. The van der Waals surface area contributed by atoms with Crippen molar-refractivity contribution in [1.29, 1.82) is 0 Å². The van der Waals surface area contributed by atoms with Crippen LogP contribution in [-0.4, -0.2) is 68.1 Å². The van der Waals surface area contributed by atoms with E-state index in [2.05, 4.69) is 60.1 Å². The summed E-state index contributed by atoms with van der Waals surface area (Å²) < 4.78 is 0. The monoisotopic (exact) mass is 302 g/mol. The van der Waals surface area contributed by atoms with E-state index in [0.717, 1.165) is 6.54 Å². The molecule has 2 unspecified atom stereocenters. The smallest absolute Gasteiger partial charge is 0.0478 e. The lowest BCUT2D eigenvalue weighted by molar-refractivity contribution is 0.0684. The van der Waals surface area contributed by atoms with Gasteiger partial charge in [0.1, 0.15) is 0 Å².